The minimum absolute atomic E-state index is 0.306. The number of rotatable bonds is 3. The predicted molar refractivity (Wildman–Crippen MR) is 88.9 cm³/mol. The molecule has 2 heterocycles. The summed E-state index contributed by atoms with van der Waals surface area (Å²) in [7, 11) is 0. The van der Waals surface area contributed by atoms with E-state index in [1.54, 1.807) is 18.2 Å². The van der Waals surface area contributed by atoms with Gasteiger partial charge in [0, 0.05) is 18.3 Å². The summed E-state index contributed by atoms with van der Waals surface area (Å²) >= 11 is 0. The standard InChI is InChI=1S/C18H15FN4/c19-14-6-2-3-7-15(14)22-17-11-18(21-12-20-17)23-10-9-13-5-1-4-8-16(13)23/h1-8,11-12H,9-10H2,(H,20,21,22). The molecule has 0 bridgehead atoms. The molecule has 0 fully saturated rings. The fourth-order valence-corrected chi connectivity index (χ4v) is 2.84. The highest BCUT2D eigenvalue weighted by molar-refractivity contribution is 5.69. The number of halogens is 1. The van der Waals surface area contributed by atoms with Crippen LogP contribution < -0.4 is 10.2 Å². The van der Waals surface area contributed by atoms with Gasteiger partial charge in [0.25, 0.3) is 0 Å². The number of nitrogens with zero attached hydrogens (tertiary/aromatic N) is 3. The maximum absolute atomic E-state index is 13.8. The summed E-state index contributed by atoms with van der Waals surface area (Å²) in [6, 6.07) is 16.7. The zero-order chi connectivity index (χ0) is 15.6. The minimum Gasteiger partial charge on any atom is -0.338 e. The van der Waals surface area contributed by atoms with E-state index >= 15 is 0 Å². The Morgan fingerprint density at radius 2 is 1.83 bits per heavy atom. The molecule has 0 saturated carbocycles. The van der Waals surface area contributed by atoms with Gasteiger partial charge in [-0.2, -0.15) is 0 Å². The lowest BCUT2D eigenvalue weighted by Gasteiger charge is -2.18. The average Bonchev–Trinajstić information content (AvgIpc) is 3.01. The number of benzene rings is 2. The van der Waals surface area contributed by atoms with Crippen LogP contribution in [-0.2, 0) is 6.42 Å². The third-order valence-corrected chi connectivity index (χ3v) is 3.95. The van der Waals surface area contributed by atoms with Crippen LogP contribution in [0.2, 0.25) is 0 Å². The molecule has 0 atom stereocenters. The monoisotopic (exact) mass is 306 g/mol. The Kier molecular flexibility index (Phi) is 3.38. The number of nitrogens with one attached hydrogen (secondary N) is 1. The van der Waals surface area contributed by atoms with E-state index in [0.29, 0.717) is 11.5 Å². The van der Waals surface area contributed by atoms with Crippen molar-refractivity contribution in [2.75, 3.05) is 16.8 Å². The zero-order valence-electron chi connectivity index (χ0n) is 12.4. The second-order valence-electron chi connectivity index (χ2n) is 5.40. The summed E-state index contributed by atoms with van der Waals surface area (Å²) in [5.74, 6) is 1.08. The SMILES string of the molecule is Fc1ccccc1Nc1cc(N2CCc3ccccc32)ncn1. The maximum atomic E-state index is 13.8. The van der Waals surface area contributed by atoms with Gasteiger partial charge < -0.3 is 10.2 Å². The largest absolute Gasteiger partial charge is 0.338 e. The van der Waals surface area contributed by atoms with Crippen molar-refractivity contribution in [1.82, 2.24) is 9.97 Å². The Morgan fingerprint density at radius 1 is 1.00 bits per heavy atom. The number of hydrogen-bond acceptors (Lipinski definition) is 4. The molecule has 23 heavy (non-hydrogen) atoms. The molecular formula is C18H15FN4. The number of aromatic nitrogens is 2. The summed E-state index contributed by atoms with van der Waals surface area (Å²) in [5.41, 5.74) is 2.89. The molecule has 1 aliphatic rings. The van der Waals surface area contributed by atoms with Crippen molar-refractivity contribution in [3.8, 4) is 0 Å². The van der Waals surface area contributed by atoms with Gasteiger partial charge in [-0.3, -0.25) is 0 Å². The van der Waals surface area contributed by atoms with E-state index in [9.17, 15) is 4.39 Å². The van der Waals surface area contributed by atoms with Gasteiger partial charge in [0.15, 0.2) is 0 Å². The smallest absolute Gasteiger partial charge is 0.146 e. The van der Waals surface area contributed by atoms with E-state index in [1.165, 1.54) is 23.6 Å². The third kappa shape index (κ3) is 2.61. The number of anilines is 4. The van der Waals surface area contributed by atoms with Crippen molar-refractivity contribution in [3.05, 3.63) is 72.3 Å². The van der Waals surface area contributed by atoms with Crippen LogP contribution in [-0.4, -0.2) is 16.5 Å². The second-order valence-corrected chi connectivity index (χ2v) is 5.40. The van der Waals surface area contributed by atoms with Gasteiger partial charge >= 0.3 is 0 Å². The van der Waals surface area contributed by atoms with Gasteiger partial charge in [-0.25, -0.2) is 14.4 Å². The Labute approximate surface area is 133 Å². The van der Waals surface area contributed by atoms with Gasteiger partial charge in [0.1, 0.15) is 23.8 Å². The summed E-state index contributed by atoms with van der Waals surface area (Å²) in [4.78, 5) is 10.7. The average molecular weight is 306 g/mol. The van der Waals surface area contributed by atoms with Crippen LogP contribution in [0.3, 0.4) is 0 Å². The van der Waals surface area contributed by atoms with Gasteiger partial charge in [-0.05, 0) is 30.2 Å². The molecule has 0 spiro atoms. The molecule has 2 aromatic carbocycles. The zero-order valence-corrected chi connectivity index (χ0v) is 12.4. The molecule has 0 radical (unpaired) electrons. The van der Waals surface area contributed by atoms with Crippen LogP contribution in [0.15, 0.2) is 60.9 Å². The van der Waals surface area contributed by atoms with E-state index in [-0.39, 0.29) is 5.82 Å². The first kappa shape index (κ1) is 13.7. The Balaban J connectivity index is 1.64. The van der Waals surface area contributed by atoms with E-state index in [2.05, 4.69) is 32.3 Å². The van der Waals surface area contributed by atoms with Crippen molar-refractivity contribution in [2.45, 2.75) is 6.42 Å². The Morgan fingerprint density at radius 3 is 2.74 bits per heavy atom. The van der Waals surface area contributed by atoms with Crippen molar-refractivity contribution >= 4 is 23.0 Å². The van der Waals surface area contributed by atoms with Crippen molar-refractivity contribution in [1.29, 1.82) is 0 Å². The number of fused-ring (bicyclic) bond motifs is 1. The second kappa shape index (κ2) is 5.68. The lowest BCUT2D eigenvalue weighted by Crippen LogP contribution is -2.15. The fraction of sp³-hybridized carbons (Fsp3) is 0.111. The van der Waals surface area contributed by atoms with Crippen molar-refractivity contribution < 1.29 is 4.39 Å². The van der Waals surface area contributed by atoms with Crippen LogP contribution in [0.5, 0.6) is 0 Å². The third-order valence-electron chi connectivity index (χ3n) is 3.95. The summed E-state index contributed by atoms with van der Waals surface area (Å²) in [6.45, 7) is 0.884. The summed E-state index contributed by atoms with van der Waals surface area (Å²) in [5, 5.41) is 3.01. The molecule has 0 saturated heterocycles. The highest BCUT2D eigenvalue weighted by Crippen LogP contribution is 2.33. The van der Waals surface area contributed by atoms with Crippen molar-refractivity contribution in [2.24, 2.45) is 0 Å². The first-order valence-electron chi connectivity index (χ1n) is 7.50. The molecule has 4 nitrogen and oxygen atoms in total. The van der Waals surface area contributed by atoms with Crippen LogP contribution in [0.1, 0.15) is 5.56 Å². The Bertz CT molecular complexity index is 850. The molecule has 0 amide bonds. The quantitative estimate of drug-likeness (QED) is 0.792. The molecule has 1 aromatic heterocycles. The van der Waals surface area contributed by atoms with E-state index in [1.807, 2.05) is 18.2 Å². The van der Waals surface area contributed by atoms with Gasteiger partial charge in [0.05, 0.1) is 5.69 Å². The fourth-order valence-electron chi connectivity index (χ4n) is 2.84. The van der Waals surface area contributed by atoms with Crippen LogP contribution in [0.25, 0.3) is 0 Å². The number of para-hydroxylation sites is 2. The molecule has 0 aliphatic carbocycles. The topological polar surface area (TPSA) is 41.0 Å². The summed E-state index contributed by atoms with van der Waals surface area (Å²) in [6.07, 6.45) is 2.50. The molecule has 1 aliphatic heterocycles. The van der Waals surface area contributed by atoms with Gasteiger partial charge in [-0.15, -0.1) is 0 Å². The normalized spacial score (nSPS) is 13.0. The Hall–Kier alpha value is -2.95. The summed E-state index contributed by atoms with van der Waals surface area (Å²) < 4.78 is 13.8. The highest BCUT2D eigenvalue weighted by Gasteiger charge is 2.21. The molecule has 4 rings (SSSR count). The first-order valence-corrected chi connectivity index (χ1v) is 7.50. The highest BCUT2D eigenvalue weighted by atomic mass is 19.1. The van der Waals surface area contributed by atoms with E-state index < -0.39 is 0 Å². The number of hydrogen-bond donors (Lipinski definition) is 1. The van der Waals surface area contributed by atoms with Gasteiger partial charge in [0.2, 0.25) is 0 Å². The van der Waals surface area contributed by atoms with Crippen LogP contribution >= 0.6 is 0 Å². The molecule has 1 N–H and O–H groups in total. The van der Waals surface area contributed by atoms with Crippen molar-refractivity contribution in [3.63, 3.8) is 0 Å². The molecule has 114 valence electrons. The first-order chi connectivity index (χ1) is 11.3. The van der Waals surface area contributed by atoms with Crippen LogP contribution in [0.4, 0.5) is 27.4 Å². The lowest BCUT2D eigenvalue weighted by molar-refractivity contribution is 0.632. The predicted octanol–water partition coefficient (Wildman–Crippen LogP) is 4.05. The molecule has 0 unspecified atom stereocenters. The maximum Gasteiger partial charge on any atom is 0.146 e. The van der Waals surface area contributed by atoms with E-state index in [4.69, 9.17) is 0 Å². The molecule has 5 heteroatoms. The lowest BCUT2D eigenvalue weighted by atomic mass is 10.2. The van der Waals surface area contributed by atoms with Gasteiger partial charge in [-0.1, -0.05) is 30.3 Å². The minimum atomic E-state index is -0.306. The molecular weight excluding hydrogens is 291 g/mol. The van der Waals surface area contributed by atoms with E-state index in [0.717, 1.165) is 18.8 Å². The molecule has 3 aromatic rings. The van der Waals surface area contributed by atoms with Crippen LogP contribution in [0, 0.1) is 5.82 Å².